The van der Waals surface area contributed by atoms with E-state index in [0.29, 0.717) is 6.42 Å². The summed E-state index contributed by atoms with van der Waals surface area (Å²) in [5, 5.41) is 15.9. The lowest BCUT2D eigenvalue weighted by molar-refractivity contribution is -0.210. The van der Waals surface area contributed by atoms with E-state index in [2.05, 4.69) is 58.9 Å². The molecule has 294 valence electrons. The van der Waals surface area contributed by atoms with Crippen LogP contribution < -0.4 is 20.7 Å². The summed E-state index contributed by atoms with van der Waals surface area (Å²) in [5.74, 6) is -0.541. The summed E-state index contributed by atoms with van der Waals surface area (Å²) >= 11 is 0. The van der Waals surface area contributed by atoms with Gasteiger partial charge in [0.1, 0.15) is 18.8 Å². The number of ether oxygens (including phenoxy) is 3. The highest BCUT2D eigenvalue weighted by atomic mass is 28.4. The van der Waals surface area contributed by atoms with Crippen LogP contribution in [0.2, 0.25) is 10.1 Å². The highest BCUT2D eigenvalue weighted by molar-refractivity contribution is 6.99. The number of aliphatic hydroxyl groups is 1. The third-order valence-corrected chi connectivity index (χ3v) is 21.0. The average molecular weight is 789 g/mol. The molecule has 1 heterocycles. The van der Waals surface area contributed by atoms with E-state index in [-0.39, 0.29) is 13.2 Å². The molecule has 6 rings (SSSR count). The molecule has 5 aromatic carbocycles. The Kier molecular flexibility index (Phi) is 12.8. The normalized spacial score (nSPS) is 20.6. The van der Waals surface area contributed by atoms with E-state index in [9.17, 15) is 14.7 Å². The molecule has 1 fully saturated rings. The maximum absolute atomic E-state index is 13.3. The lowest BCUT2D eigenvalue weighted by Crippen LogP contribution is -2.71. The fourth-order valence-corrected chi connectivity index (χ4v) is 17.2. The molecule has 1 aliphatic rings. The Labute approximate surface area is 334 Å². The molecule has 2 N–H and O–H groups in total. The Morgan fingerprint density at radius 3 is 1.52 bits per heavy atom. The van der Waals surface area contributed by atoms with E-state index >= 15 is 0 Å². The van der Waals surface area contributed by atoms with Gasteiger partial charge in [0.25, 0.3) is 16.6 Å². The molecule has 0 bridgehead atoms. The minimum Gasteiger partial charge on any atom is -0.435 e. The topological polar surface area (TPSA) is 94.5 Å². The van der Waals surface area contributed by atoms with Gasteiger partial charge >= 0.3 is 6.16 Å². The molecule has 9 heteroatoms. The maximum Gasteiger partial charge on any atom is 0.508 e. The van der Waals surface area contributed by atoms with Gasteiger partial charge in [0.2, 0.25) is 0 Å². The summed E-state index contributed by atoms with van der Waals surface area (Å²) < 4.78 is 25.7. The fourth-order valence-electron chi connectivity index (χ4n) is 8.73. The van der Waals surface area contributed by atoms with E-state index < -0.39 is 63.2 Å². The maximum atomic E-state index is 13.3. The fraction of sp³-hybridized carbons (Fsp3) is 0.340. The number of carbonyl (C=O) groups is 1. The van der Waals surface area contributed by atoms with Crippen LogP contribution in [0.1, 0.15) is 59.6 Å². The van der Waals surface area contributed by atoms with Gasteiger partial charge in [-0.2, -0.15) is 0 Å². The summed E-state index contributed by atoms with van der Waals surface area (Å²) in [4.78, 5) is 26.0. The van der Waals surface area contributed by atoms with E-state index in [1.165, 1.54) is 0 Å². The molecule has 5 aromatic rings. The van der Waals surface area contributed by atoms with Crippen LogP contribution in [0.3, 0.4) is 0 Å². The van der Waals surface area contributed by atoms with Crippen LogP contribution in [-0.4, -0.2) is 64.2 Å². The van der Waals surface area contributed by atoms with E-state index in [1.54, 1.807) is 6.92 Å². The molecule has 0 amide bonds. The lowest BCUT2D eigenvalue weighted by atomic mass is 9.78. The first-order valence-electron chi connectivity index (χ1n) is 19.6. The SMILES string of the molecule is CCOC(=O)OC[C@H]1O[C@@H](c2ccccc2)C(CC(C)(C)[Si](O)(c2ccccc2)c2ccccc2)[C@@H](O)C1O[Si](c1ccccc1)(c1ccccc1)C(C)(C)C. The molecule has 0 aliphatic carbocycles. The van der Waals surface area contributed by atoms with Crippen molar-refractivity contribution in [2.75, 3.05) is 13.2 Å². The van der Waals surface area contributed by atoms with Crippen molar-refractivity contribution in [3.05, 3.63) is 157 Å². The summed E-state index contributed by atoms with van der Waals surface area (Å²) in [6.07, 6.45) is -3.93. The molecule has 7 nitrogen and oxygen atoms in total. The predicted molar refractivity (Wildman–Crippen MR) is 228 cm³/mol. The molecule has 0 radical (unpaired) electrons. The predicted octanol–water partition coefficient (Wildman–Crippen LogP) is 7.14. The van der Waals surface area contributed by atoms with Crippen LogP contribution in [0.4, 0.5) is 4.79 Å². The second-order valence-corrected chi connectivity index (χ2v) is 24.6. The van der Waals surface area contributed by atoms with Crippen molar-refractivity contribution >= 4 is 43.5 Å². The van der Waals surface area contributed by atoms with Crippen molar-refractivity contribution in [3.8, 4) is 0 Å². The molecule has 56 heavy (non-hydrogen) atoms. The molecule has 0 saturated carbocycles. The molecule has 5 atom stereocenters. The lowest BCUT2D eigenvalue weighted by Gasteiger charge is -2.53. The first kappa shape index (κ1) is 41.3. The van der Waals surface area contributed by atoms with Gasteiger partial charge in [0.05, 0.1) is 18.8 Å². The van der Waals surface area contributed by atoms with Crippen LogP contribution in [-0.2, 0) is 18.6 Å². The largest absolute Gasteiger partial charge is 0.508 e. The van der Waals surface area contributed by atoms with Crippen molar-refractivity contribution in [2.45, 2.75) is 82.5 Å². The Morgan fingerprint density at radius 2 is 1.09 bits per heavy atom. The minimum absolute atomic E-state index is 0.161. The van der Waals surface area contributed by atoms with Gasteiger partial charge < -0.3 is 28.5 Å². The zero-order valence-electron chi connectivity index (χ0n) is 33.4. The second kappa shape index (κ2) is 17.4. The first-order valence-corrected chi connectivity index (χ1v) is 23.5. The number of hydrogen-bond donors (Lipinski definition) is 2. The van der Waals surface area contributed by atoms with Crippen molar-refractivity contribution in [1.82, 2.24) is 0 Å². The molecule has 1 saturated heterocycles. The zero-order chi connectivity index (χ0) is 40.0. The summed E-state index contributed by atoms with van der Waals surface area (Å²) in [6, 6.07) is 50.3. The number of carbonyl (C=O) groups excluding carboxylic acids is 1. The monoisotopic (exact) mass is 788 g/mol. The van der Waals surface area contributed by atoms with E-state index in [4.69, 9.17) is 18.6 Å². The van der Waals surface area contributed by atoms with Crippen molar-refractivity contribution in [1.29, 1.82) is 0 Å². The van der Waals surface area contributed by atoms with E-state index in [1.807, 2.05) is 127 Å². The number of hydrogen-bond acceptors (Lipinski definition) is 7. The quantitative estimate of drug-likeness (QED) is 0.0968. The average Bonchev–Trinajstić information content (AvgIpc) is 3.21. The van der Waals surface area contributed by atoms with Gasteiger partial charge in [-0.25, -0.2) is 4.79 Å². The Morgan fingerprint density at radius 1 is 0.661 bits per heavy atom. The molecule has 0 spiro atoms. The van der Waals surface area contributed by atoms with Gasteiger partial charge in [-0.3, -0.25) is 0 Å². The minimum atomic E-state index is -3.52. The molecule has 1 aliphatic heterocycles. The van der Waals surface area contributed by atoms with Gasteiger partial charge in [-0.05, 0) is 49.7 Å². The van der Waals surface area contributed by atoms with Crippen molar-refractivity contribution in [2.24, 2.45) is 5.92 Å². The van der Waals surface area contributed by atoms with Crippen LogP contribution in [0.25, 0.3) is 0 Å². The summed E-state index contributed by atoms with van der Waals surface area (Å²) in [7, 11) is -6.79. The Balaban J connectivity index is 1.52. The molecular weight excluding hydrogens is 733 g/mol. The molecule has 0 aromatic heterocycles. The van der Waals surface area contributed by atoms with Gasteiger partial charge in [0, 0.05) is 5.92 Å². The summed E-state index contributed by atoms with van der Waals surface area (Å²) in [5.41, 5.74) is 0.877. The zero-order valence-corrected chi connectivity index (χ0v) is 35.4. The molecular formula is C47H56O7Si2. The third-order valence-electron chi connectivity index (χ3n) is 11.4. The smallest absolute Gasteiger partial charge is 0.435 e. The number of benzene rings is 5. The highest BCUT2D eigenvalue weighted by Crippen LogP contribution is 2.50. The van der Waals surface area contributed by atoms with Crippen LogP contribution in [0.15, 0.2) is 152 Å². The Hall–Kier alpha value is -4.36. The van der Waals surface area contributed by atoms with Crippen molar-refractivity contribution < 1.29 is 33.3 Å². The second-order valence-electron chi connectivity index (χ2n) is 16.4. The highest BCUT2D eigenvalue weighted by Gasteiger charge is 2.59. The van der Waals surface area contributed by atoms with Gasteiger partial charge in [0.15, 0.2) is 0 Å². The number of rotatable bonds is 13. The summed E-state index contributed by atoms with van der Waals surface area (Å²) in [6.45, 7) is 12.5. The molecule has 2 unspecified atom stereocenters. The van der Waals surface area contributed by atoms with Crippen molar-refractivity contribution in [3.63, 3.8) is 0 Å². The van der Waals surface area contributed by atoms with Crippen LogP contribution >= 0.6 is 0 Å². The Bertz CT molecular complexity index is 1890. The third kappa shape index (κ3) is 8.21. The number of aliphatic hydroxyl groups excluding tert-OH is 1. The standard InChI is InChI=1S/C47H56O7Si2/c1-7-51-45(49)52-34-41-44(54-56(46(2,3)4,38-29-19-11-20-30-38)39-31-21-12-22-32-39)42(48)40(43(53-41)35-23-13-8-14-24-35)33-47(5,6)55(50,36-25-15-9-16-26-36)37-27-17-10-18-28-37/h8-32,40-44,48,50H,7,33-34H2,1-6H3/t40?,41-,42-,43+,44?/m1/s1. The van der Waals surface area contributed by atoms with Crippen LogP contribution in [0.5, 0.6) is 0 Å². The van der Waals surface area contributed by atoms with Crippen LogP contribution in [0, 0.1) is 5.92 Å². The van der Waals surface area contributed by atoms with E-state index in [0.717, 1.165) is 26.3 Å². The first-order chi connectivity index (χ1) is 26.8. The van der Waals surface area contributed by atoms with Gasteiger partial charge in [-0.15, -0.1) is 0 Å². The van der Waals surface area contributed by atoms with Gasteiger partial charge in [-0.1, -0.05) is 186 Å².